The number of sulfonamides is 1. The maximum Gasteiger partial charge on any atom is 0.340 e. The van der Waals surface area contributed by atoms with Crippen molar-refractivity contribution in [1.82, 2.24) is 4.72 Å². The Morgan fingerprint density at radius 3 is 2.45 bits per heavy atom. The van der Waals surface area contributed by atoms with Crippen molar-refractivity contribution >= 4 is 27.0 Å². The molecule has 1 heterocycles. The zero-order valence-electron chi connectivity index (χ0n) is 17.0. The molecule has 1 aromatic heterocycles. The van der Waals surface area contributed by atoms with Gasteiger partial charge in [-0.05, 0) is 57.0 Å². The Labute approximate surface area is 178 Å². The van der Waals surface area contributed by atoms with Crippen molar-refractivity contribution in [3.8, 4) is 17.1 Å². The summed E-state index contributed by atoms with van der Waals surface area (Å²) in [7, 11) is -3.91. The van der Waals surface area contributed by atoms with Gasteiger partial charge < -0.3 is 14.3 Å². The molecule has 9 heteroatoms. The Kier molecular flexibility index (Phi) is 5.49. The molecular formula is C22H22FNO6S. The maximum absolute atomic E-state index is 13.3. The predicted octanol–water partition coefficient (Wildman–Crippen LogP) is 4.56. The van der Waals surface area contributed by atoms with Crippen LogP contribution in [0.2, 0.25) is 0 Å². The summed E-state index contributed by atoms with van der Waals surface area (Å²) in [6.07, 6.45) is 2.15. The van der Waals surface area contributed by atoms with Gasteiger partial charge in [0.1, 0.15) is 33.4 Å². The van der Waals surface area contributed by atoms with Gasteiger partial charge in [0.2, 0.25) is 10.0 Å². The van der Waals surface area contributed by atoms with Gasteiger partial charge in [-0.15, -0.1) is 0 Å². The summed E-state index contributed by atoms with van der Waals surface area (Å²) in [4.78, 5) is 11.9. The first-order chi connectivity index (χ1) is 14.7. The third-order valence-electron chi connectivity index (χ3n) is 5.15. The zero-order valence-corrected chi connectivity index (χ0v) is 17.8. The molecule has 1 aliphatic rings. The molecule has 1 aliphatic carbocycles. The Hall–Kier alpha value is -2.91. The van der Waals surface area contributed by atoms with Gasteiger partial charge in [-0.2, -0.15) is 0 Å². The van der Waals surface area contributed by atoms with Gasteiger partial charge in [0.05, 0.1) is 6.10 Å². The molecule has 2 aromatic carbocycles. The topological polar surface area (TPSA) is 106 Å². The molecule has 7 nitrogen and oxygen atoms in total. The second-order valence-electron chi connectivity index (χ2n) is 7.83. The van der Waals surface area contributed by atoms with E-state index in [9.17, 15) is 22.7 Å². The fraction of sp³-hybridized carbons (Fsp3) is 0.318. The van der Waals surface area contributed by atoms with Crippen molar-refractivity contribution in [1.29, 1.82) is 0 Å². The summed E-state index contributed by atoms with van der Waals surface area (Å²) in [6, 6.07) is 7.73. The van der Waals surface area contributed by atoms with E-state index >= 15 is 0 Å². The number of aromatic carboxylic acids is 1. The summed E-state index contributed by atoms with van der Waals surface area (Å²) in [5.41, 5.74) is 0.297. The van der Waals surface area contributed by atoms with E-state index in [2.05, 4.69) is 4.72 Å². The number of benzene rings is 2. The number of halogens is 1. The van der Waals surface area contributed by atoms with Crippen LogP contribution in [0, 0.1) is 5.82 Å². The fourth-order valence-corrected chi connectivity index (χ4v) is 4.92. The van der Waals surface area contributed by atoms with Gasteiger partial charge >= 0.3 is 5.97 Å². The average molecular weight is 447 g/mol. The monoisotopic (exact) mass is 447 g/mol. The zero-order chi connectivity index (χ0) is 22.3. The number of carbonyl (C=O) groups is 1. The highest BCUT2D eigenvalue weighted by atomic mass is 32.2. The summed E-state index contributed by atoms with van der Waals surface area (Å²) in [6.45, 7) is 3.49. The highest BCUT2D eigenvalue weighted by Crippen LogP contribution is 2.39. The smallest absolute Gasteiger partial charge is 0.340 e. The van der Waals surface area contributed by atoms with Crippen LogP contribution in [0.4, 0.5) is 4.39 Å². The Balaban J connectivity index is 1.92. The highest BCUT2D eigenvalue weighted by molar-refractivity contribution is 7.89. The standard InChI is InChI=1S/C22H22FNO6S/c1-12(2)29-18-10-16-17(11-19(18)31(27,28)24-15-4-3-5-15)30-21(20(16)22(25)26)13-6-8-14(23)9-7-13/h6-12,15,24H,3-5H2,1-2H3,(H,25,26). The van der Waals surface area contributed by atoms with E-state index in [1.807, 2.05) is 0 Å². The number of carboxylic acid groups (broad SMARTS) is 1. The van der Waals surface area contributed by atoms with Crippen LogP contribution in [0.15, 0.2) is 45.7 Å². The Morgan fingerprint density at radius 2 is 1.90 bits per heavy atom. The molecule has 4 rings (SSSR count). The first kappa shape index (κ1) is 21.3. The molecule has 164 valence electrons. The highest BCUT2D eigenvalue weighted by Gasteiger charge is 2.30. The number of furan rings is 1. The van der Waals surface area contributed by atoms with Gasteiger partial charge in [-0.1, -0.05) is 6.42 Å². The Morgan fingerprint density at radius 1 is 1.23 bits per heavy atom. The largest absolute Gasteiger partial charge is 0.490 e. The molecule has 0 atom stereocenters. The van der Waals surface area contributed by atoms with Crippen molar-refractivity contribution in [3.05, 3.63) is 47.8 Å². The molecule has 1 saturated carbocycles. The lowest BCUT2D eigenvalue weighted by Gasteiger charge is -2.26. The lowest BCUT2D eigenvalue weighted by atomic mass is 9.94. The number of ether oxygens (including phenoxy) is 1. The normalized spacial score (nSPS) is 14.7. The quantitative estimate of drug-likeness (QED) is 0.550. The second-order valence-corrected chi connectivity index (χ2v) is 9.51. The molecule has 0 spiro atoms. The lowest BCUT2D eigenvalue weighted by molar-refractivity contribution is 0.0699. The van der Waals surface area contributed by atoms with Crippen LogP contribution in [-0.2, 0) is 10.0 Å². The van der Waals surface area contributed by atoms with E-state index in [-0.39, 0.29) is 45.1 Å². The molecule has 2 N–H and O–H groups in total. The molecule has 1 fully saturated rings. The number of carboxylic acids is 1. The SMILES string of the molecule is CC(C)Oc1cc2c(C(=O)O)c(-c3ccc(F)cc3)oc2cc1S(=O)(=O)NC1CCC1. The third kappa shape index (κ3) is 4.15. The number of hydrogen-bond donors (Lipinski definition) is 2. The van der Waals surface area contributed by atoms with Gasteiger partial charge in [0, 0.05) is 23.1 Å². The van der Waals surface area contributed by atoms with Crippen molar-refractivity contribution in [2.24, 2.45) is 0 Å². The van der Waals surface area contributed by atoms with Crippen LogP contribution in [0.5, 0.6) is 5.75 Å². The number of nitrogens with one attached hydrogen (secondary N) is 1. The number of hydrogen-bond acceptors (Lipinski definition) is 5. The van der Waals surface area contributed by atoms with Crippen molar-refractivity contribution in [2.75, 3.05) is 0 Å². The summed E-state index contributed by atoms with van der Waals surface area (Å²) in [5.74, 6) is -1.67. The van der Waals surface area contributed by atoms with Crippen LogP contribution in [0.25, 0.3) is 22.3 Å². The minimum atomic E-state index is -3.91. The third-order valence-corrected chi connectivity index (χ3v) is 6.70. The van der Waals surface area contributed by atoms with Crippen LogP contribution in [0.1, 0.15) is 43.5 Å². The maximum atomic E-state index is 13.3. The number of rotatable bonds is 7. The Bertz CT molecular complexity index is 1240. The molecule has 3 aromatic rings. The predicted molar refractivity (Wildman–Crippen MR) is 112 cm³/mol. The first-order valence-electron chi connectivity index (χ1n) is 9.94. The van der Waals surface area contributed by atoms with E-state index < -0.39 is 21.8 Å². The number of fused-ring (bicyclic) bond motifs is 1. The van der Waals surface area contributed by atoms with Crippen LogP contribution in [-0.4, -0.2) is 31.6 Å². The minimum Gasteiger partial charge on any atom is -0.490 e. The van der Waals surface area contributed by atoms with Gasteiger partial charge in [-0.25, -0.2) is 22.3 Å². The first-order valence-corrected chi connectivity index (χ1v) is 11.4. The van der Waals surface area contributed by atoms with E-state index in [0.29, 0.717) is 5.56 Å². The van der Waals surface area contributed by atoms with Crippen molar-refractivity contribution in [2.45, 2.75) is 50.2 Å². The lowest BCUT2D eigenvalue weighted by Crippen LogP contribution is -2.39. The van der Waals surface area contributed by atoms with Gasteiger partial charge in [0.15, 0.2) is 0 Å². The minimum absolute atomic E-state index is 0.0134. The molecule has 0 bridgehead atoms. The van der Waals surface area contributed by atoms with Crippen molar-refractivity contribution in [3.63, 3.8) is 0 Å². The average Bonchev–Trinajstić information content (AvgIpc) is 3.03. The molecule has 0 saturated heterocycles. The molecule has 0 amide bonds. The van der Waals surface area contributed by atoms with Crippen molar-refractivity contribution < 1.29 is 31.9 Å². The van der Waals surface area contributed by atoms with E-state index in [1.165, 1.54) is 36.4 Å². The molecular weight excluding hydrogens is 425 g/mol. The summed E-state index contributed by atoms with van der Waals surface area (Å²) < 4.78 is 53.5. The summed E-state index contributed by atoms with van der Waals surface area (Å²) in [5, 5.41) is 10.0. The van der Waals surface area contributed by atoms with Crippen LogP contribution >= 0.6 is 0 Å². The van der Waals surface area contributed by atoms with E-state index in [1.54, 1.807) is 13.8 Å². The molecule has 0 unspecified atom stereocenters. The van der Waals surface area contributed by atoms with Crippen LogP contribution in [0.3, 0.4) is 0 Å². The van der Waals surface area contributed by atoms with Gasteiger partial charge in [-0.3, -0.25) is 0 Å². The molecule has 31 heavy (non-hydrogen) atoms. The van der Waals surface area contributed by atoms with Gasteiger partial charge in [0.25, 0.3) is 0 Å². The fourth-order valence-electron chi connectivity index (χ4n) is 3.49. The van der Waals surface area contributed by atoms with E-state index in [0.717, 1.165) is 19.3 Å². The summed E-state index contributed by atoms with van der Waals surface area (Å²) >= 11 is 0. The van der Waals surface area contributed by atoms with E-state index in [4.69, 9.17) is 9.15 Å². The second kappa shape index (κ2) is 7.97. The molecule has 0 radical (unpaired) electrons. The molecule has 0 aliphatic heterocycles. The van der Waals surface area contributed by atoms with Crippen LogP contribution < -0.4 is 9.46 Å².